The summed E-state index contributed by atoms with van der Waals surface area (Å²) >= 11 is 1.97. The Morgan fingerprint density at radius 3 is 1.89 bits per heavy atom. The third-order valence-electron chi connectivity index (χ3n) is 0.454. The van der Waals surface area contributed by atoms with E-state index in [4.69, 9.17) is 0 Å². The third-order valence-corrected chi connectivity index (χ3v) is 0.454. The van der Waals surface area contributed by atoms with Gasteiger partial charge in [-0.3, -0.25) is 0 Å². The first-order valence-electron chi connectivity index (χ1n) is 3.18. The number of carbonyl (C=O) groups excluding carboxylic acids is 1. The van der Waals surface area contributed by atoms with Gasteiger partial charge in [0, 0.05) is 5.97 Å². The molecule has 0 rings (SSSR count). The molecule has 3 heteroatoms. The van der Waals surface area contributed by atoms with Crippen molar-refractivity contribution in [1.82, 2.24) is 0 Å². The molecule has 0 aliphatic rings. The van der Waals surface area contributed by atoms with Gasteiger partial charge in [0.1, 0.15) is 0 Å². The molecule has 9 heavy (non-hydrogen) atoms. The van der Waals surface area contributed by atoms with Crippen molar-refractivity contribution in [2.75, 3.05) is 0 Å². The fourth-order valence-electron chi connectivity index (χ4n) is 0.204. The van der Waals surface area contributed by atoms with E-state index < -0.39 is 5.97 Å². The standard InChI is InChI=1S/C4H8O2.C2H5.Mg/c1-2-3-4(5)6;1-2;/h2-3H2,1H3,(H,5,6);1H2,2H3;/q;;+1/p-1. The van der Waals surface area contributed by atoms with Gasteiger partial charge in [-0.1, -0.05) is 13.3 Å². The Balaban J connectivity index is 0. The van der Waals surface area contributed by atoms with Crippen LogP contribution in [-0.2, 0) is 4.79 Å². The second-order valence-corrected chi connectivity index (χ2v) is 2.62. The number of aliphatic carboxylic acids is 1. The molecular weight excluding hydrogens is 128 g/mol. The minimum atomic E-state index is -0.961. The van der Waals surface area contributed by atoms with Crippen LogP contribution in [0.4, 0.5) is 0 Å². The number of carboxylic acids is 1. The van der Waals surface area contributed by atoms with Gasteiger partial charge >= 0.3 is 33.2 Å². The molecule has 50 valence electrons. The van der Waals surface area contributed by atoms with E-state index in [0.717, 1.165) is 0 Å². The predicted octanol–water partition coefficient (Wildman–Crippen LogP) is 0.130. The summed E-state index contributed by atoms with van der Waals surface area (Å²) in [5.74, 6) is -0.961. The molecule has 0 bridgehead atoms. The van der Waals surface area contributed by atoms with Gasteiger partial charge in [-0.05, 0) is 6.42 Å². The summed E-state index contributed by atoms with van der Waals surface area (Å²) in [5.41, 5.74) is 0. The Morgan fingerprint density at radius 2 is 1.89 bits per heavy atom. The van der Waals surface area contributed by atoms with E-state index in [9.17, 15) is 9.90 Å². The Hall–Kier alpha value is 0.236. The van der Waals surface area contributed by atoms with E-state index in [1.165, 1.54) is 4.55 Å². The van der Waals surface area contributed by atoms with E-state index in [1.54, 1.807) is 6.92 Å². The molecule has 0 saturated carbocycles. The summed E-state index contributed by atoms with van der Waals surface area (Å²) in [6.45, 7) is 3.94. The summed E-state index contributed by atoms with van der Waals surface area (Å²) < 4.78 is 1.28. The molecule has 2 nitrogen and oxygen atoms in total. The summed E-state index contributed by atoms with van der Waals surface area (Å²) in [6.07, 6.45) is 0.850. The zero-order chi connectivity index (χ0) is 7.70. The van der Waals surface area contributed by atoms with Gasteiger partial charge in [0.15, 0.2) is 0 Å². The zero-order valence-electron chi connectivity index (χ0n) is 6.14. The van der Waals surface area contributed by atoms with E-state index >= 15 is 0 Å². The third kappa shape index (κ3) is 30.6. The monoisotopic (exact) mass is 140 g/mol. The second kappa shape index (κ2) is 11.1. The van der Waals surface area contributed by atoms with Gasteiger partial charge in [0.2, 0.25) is 0 Å². The molecule has 0 aromatic heterocycles. The zero-order valence-corrected chi connectivity index (χ0v) is 7.56. The molecule has 0 radical (unpaired) electrons. The number of hydrogen-bond donors (Lipinski definition) is 0. The molecule has 0 aromatic rings. The average Bonchev–Trinajstić information content (AvgIpc) is 1.67. The van der Waals surface area contributed by atoms with Crippen LogP contribution in [0.25, 0.3) is 0 Å². The van der Waals surface area contributed by atoms with Crippen molar-refractivity contribution in [3.63, 3.8) is 0 Å². The number of carbonyl (C=O) groups is 1. The summed E-state index contributed by atoms with van der Waals surface area (Å²) in [6, 6.07) is 0. The van der Waals surface area contributed by atoms with Gasteiger partial charge in [-0.15, -0.1) is 0 Å². The first kappa shape index (κ1) is 12.0. The normalized spacial score (nSPS) is 7.56. The first-order valence-corrected chi connectivity index (χ1v) is 4.18. The summed E-state index contributed by atoms with van der Waals surface area (Å²) in [7, 11) is 0. The molecule has 0 saturated heterocycles. The Morgan fingerprint density at radius 1 is 1.56 bits per heavy atom. The van der Waals surface area contributed by atoms with Gasteiger partial charge in [0.05, 0.1) is 0 Å². The van der Waals surface area contributed by atoms with Crippen molar-refractivity contribution in [2.45, 2.75) is 31.2 Å². The van der Waals surface area contributed by atoms with Crippen molar-refractivity contribution in [3.05, 3.63) is 0 Å². The van der Waals surface area contributed by atoms with Gasteiger partial charge in [-0.25, -0.2) is 0 Å². The van der Waals surface area contributed by atoms with Crippen molar-refractivity contribution in [3.8, 4) is 0 Å². The fourth-order valence-corrected chi connectivity index (χ4v) is 0.204. The number of hydrogen-bond acceptors (Lipinski definition) is 2. The van der Waals surface area contributed by atoms with Crippen LogP contribution < -0.4 is 5.11 Å². The maximum atomic E-state index is 9.49. The van der Waals surface area contributed by atoms with Crippen LogP contribution in [-0.4, -0.2) is 27.7 Å². The molecule has 0 unspecified atom stereocenters. The molecule has 0 aliphatic heterocycles. The van der Waals surface area contributed by atoms with Crippen LogP contribution in [0.5, 0.6) is 0 Å². The van der Waals surface area contributed by atoms with Gasteiger partial charge < -0.3 is 9.90 Å². The average molecular weight is 140 g/mol. The van der Waals surface area contributed by atoms with Gasteiger partial charge in [0.25, 0.3) is 0 Å². The SMILES string of the molecule is CCCC(=O)[O-].C[CH2][Mg+]. The summed E-state index contributed by atoms with van der Waals surface area (Å²) in [5, 5.41) is 9.49. The number of rotatable bonds is 2. The first-order chi connectivity index (χ1) is 4.18. The van der Waals surface area contributed by atoms with Crippen molar-refractivity contribution < 1.29 is 9.90 Å². The number of carboxylic acid groups (broad SMARTS) is 1. The molecule has 0 heterocycles. The fraction of sp³-hybridized carbons (Fsp3) is 0.833. The Kier molecular flexibility index (Phi) is 14.7. The molecule has 0 amide bonds. The molecular formula is C6H12MgO2. The minimum absolute atomic E-state index is 0.181. The van der Waals surface area contributed by atoms with E-state index in [0.29, 0.717) is 6.42 Å². The topological polar surface area (TPSA) is 40.1 Å². The van der Waals surface area contributed by atoms with Crippen molar-refractivity contribution in [1.29, 1.82) is 0 Å². The molecule has 0 aromatic carbocycles. The van der Waals surface area contributed by atoms with E-state index in [-0.39, 0.29) is 6.42 Å². The van der Waals surface area contributed by atoms with Crippen molar-refractivity contribution >= 4 is 27.7 Å². The Bertz CT molecular complexity index is 64.1. The molecule has 0 fully saturated rings. The quantitative estimate of drug-likeness (QED) is 0.512. The molecule has 0 N–H and O–H groups in total. The predicted molar refractivity (Wildman–Crippen MR) is 36.1 cm³/mol. The van der Waals surface area contributed by atoms with Gasteiger partial charge in [-0.2, -0.15) is 0 Å². The van der Waals surface area contributed by atoms with Crippen LogP contribution in [0.15, 0.2) is 0 Å². The van der Waals surface area contributed by atoms with Crippen LogP contribution in [0, 0.1) is 0 Å². The van der Waals surface area contributed by atoms with Crippen LogP contribution in [0.2, 0.25) is 4.55 Å². The molecule has 0 atom stereocenters. The summed E-state index contributed by atoms with van der Waals surface area (Å²) in [4.78, 5) is 9.49. The molecule has 0 spiro atoms. The van der Waals surface area contributed by atoms with E-state index in [1.807, 2.05) is 21.7 Å². The Labute approximate surface area is 69.1 Å². The van der Waals surface area contributed by atoms with E-state index in [2.05, 4.69) is 6.92 Å². The second-order valence-electron chi connectivity index (χ2n) is 1.62. The van der Waals surface area contributed by atoms with Crippen LogP contribution >= 0.6 is 0 Å². The maximum absolute atomic E-state index is 9.49. The van der Waals surface area contributed by atoms with Crippen LogP contribution in [0.3, 0.4) is 0 Å². The van der Waals surface area contributed by atoms with Crippen molar-refractivity contribution in [2.24, 2.45) is 0 Å². The molecule has 0 aliphatic carbocycles. The van der Waals surface area contributed by atoms with Crippen LogP contribution in [0.1, 0.15) is 26.7 Å².